The smallest absolute Gasteiger partial charge is 0.243 e. The first-order valence-corrected chi connectivity index (χ1v) is 7.73. The number of carbonyl (C=O) groups is 1. The third-order valence-corrected chi connectivity index (χ3v) is 3.69. The Kier molecular flexibility index (Phi) is 5.26. The van der Waals surface area contributed by atoms with Crippen molar-refractivity contribution in [2.75, 3.05) is 17.2 Å². The highest BCUT2D eigenvalue weighted by atomic mass is 35.5. The Labute approximate surface area is 140 Å². The predicted octanol–water partition coefficient (Wildman–Crippen LogP) is 4.83. The van der Waals surface area contributed by atoms with Crippen molar-refractivity contribution < 1.29 is 9.18 Å². The van der Waals surface area contributed by atoms with E-state index < -0.39 is 5.82 Å². The zero-order valence-electron chi connectivity index (χ0n) is 13.4. The number of carbonyl (C=O) groups excluding carboxylic acids is 1. The molecule has 0 atom stereocenters. The lowest BCUT2D eigenvalue weighted by Crippen LogP contribution is -2.23. The molecule has 0 spiro atoms. The van der Waals surface area contributed by atoms with Gasteiger partial charge in [-0.3, -0.25) is 4.79 Å². The number of hydrogen-bond acceptors (Lipinski definition) is 2. The third-order valence-electron chi connectivity index (χ3n) is 3.38. The van der Waals surface area contributed by atoms with Crippen LogP contribution < -0.4 is 10.6 Å². The van der Waals surface area contributed by atoms with Crippen LogP contribution in [0.3, 0.4) is 0 Å². The number of halogens is 2. The number of nitrogens with one attached hydrogen (secondary N) is 2. The normalized spacial score (nSPS) is 11.2. The van der Waals surface area contributed by atoms with Gasteiger partial charge in [-0.2, -0.15) is 0 Å². The summed E-state index contributed by atoms with van der Waals surface area (Å²) in [6.07, 6.45) is 0. The van der Waals surface area contributed by atoms with E-state index in [1.165, 1.54) is 18.2 Å². The van der Waals surface area contributed by atoms with Gasteiger partial charge in [0, 0.05) is 5.69 Å². The monoisotopic (exact) mass is 334 g/mol. The summed E-state index contributed by atoms with van der Waals surface area (Å²) in [6.45, 7) is 6.45. The first-order valence-electron chi connectivity index (χ1n) is 7.35. The summed E-state index contributed by atoms with van der Waals surface area (Å²) in [4.78, 5) is 12.1. The molecular weight excluding hydrogens is 315 g/mol. The predicted molar refractivity (Wildman–Crippen MR) is 93.7 cm³/mol. The van der Waals surface area contributed by atoms with Gasteiger partial charge in [0.1, 0.15) is 5.82 Å². The van der Waals surface area contributed by atoms with E-state index in [-0.39, 0.29) is 22.9 Å². The van der Waals surface area contributed by atoms with Crippen LogP contribution >= 0.6 is 11.6 Å². The van der Waals surface area contributed by atoms with Gasteiger partial charge in [0.2, 0.25) is 5.91 Å². The van der Waals surface area contributed by atoms with E-state index >= 15 is 0 Å². The fourth-order valence-corrected chi connectivity index (χ4v) is 2.47. The molecule has 0 saturated heterocycles. The number of rotatable bonds is 4. The molecule has 2 N–H and O–H groups in total. The molecule has 0 aliphatic carbocycles. The van der Waals surface area contributed by atoms with Crippen LogP contribution in [0.4, 0.5) is 15.8 Å². The SMILES string of the molecule is CC(C)(C)c1ccccc1NCC(=O)Nc1ccc(F)cc1Cl. The van der Waals surface area contributed by atoms with Gasteiger partial charge < -0.3 is 10.6 Å². The highest BCUT2D eigenvalue weighted by Gasteiger charge is 2.17. The Morgan fingerprint density at radius 1 is 1.13 bits per heavy atom. The molecule has 1 amide bonds. The van der Waals surface area contributed by atoms with E-state index in [2.05, 4.69) is 31.4 Å². The van der Waals surface area contributed by atoms with Crippen LogP contribution in [-0.2, 0) is 10.2 Å². The summed E-state index contributed by atoms with van der Waals surface area (Å²) in [7, 11) is 0. The minimum absolute atomic E-state index is 0.0274. The highest BCUT2D eigenvalue weighted by Crippen LogP contribution is 2.29. The largest absolute Gasteiger partial charge is 0.376 e. The molecule has 2 rings (SSSR count). The Morgan fingerprint density at radius 2 is 1.83 bits per heavy atom. The van der Waals surface area contributed by atoms with Crippen molar-refractivity contribution in [2.45, 2.75) is 26.2 Å². The maximum Gasteiger partial charge on any atom is 0.243 e. The van der Waals surface area contributed by atoms with Crippen LogP contribution in [0, 0.1) is 5.82 Å². The Bertz CT molecular complexity index is 710. The number of para-hydroxylation sites is 1. The lowest BCUT2D eigenvalue weighted by Gasteiger charge is -2.23. The molecule has 0 heterocycles. The van der Waals surface area contributed by atoms with Gasteiger partial charge in [-0.15, -0.1) is 0 Å². The lowest BCUT2D eigenvalue weighted by atomic mass is 9.86. The van der Waals surface area contributed by atoms with Crippen LogP contribution in [0.25, 0.3) is 0 Å². The van der Waals surface area contributed by atoms with E-state index in [0.29, 0.717) is 5.69 Å². The Morgan fingerprint density at radius 3 is 2.48 bits per heavy atom. The summed E-state index contributed by atoms with van der Waals surface area (Å²) in [5.41, 5.74) is 2.41. The first-order chi connectivity index (χ1) is 10.8. The molecule has 0 bridgehead atoms. The molecule has 0 saturated carbocycles. The molecule has 2 aromatic carbocycles. The quantitative estimate of drug-likeness (QED) is 0.841. The zero-order chi connectivity index (χ0) is 17.0. The second-order valence-corrected chi connectivity index (χ2v) is 6.73. The van der Waals surface area contributed by atoms with E-state index in [4.69, 9.17) is 11.6 Å². The minimum atomic E-state index is -0.440. The maximum atomic E-state index is 13.0. The van der Waals surface area contributed by atoms with Crippen LogP contribution in [0.15, 0.2) is 42.5 Å². The van der Waals surface area contributed by atoms with Crippen LogP contribution in [0.1, 0.15) is 26.3 Å². The molecule has 0 aliphatic heterocycles. The van der Waals surface area contributed by atoms with E-state index in [1.54, 1.807) is 0 Å². The fraction of sp³-hybridized carbons (Fsp3) is 0.278. The van der Waals surface area contributed by atoms with Crippen molar-refractivity contribution in [1.82, 2.24) is 0 Å². The van der Waals surface area contributed by atoms with E-state index in [1.807, 2.05) is 24.3 Å². The summed E-state index contributed by atoms with van der Waals surface area (Å²) in [5.74, 6) is -0.688. The van der Waals surface area contributed by atoms with Crippen molar-refractivity contribution in [1.29, 1.82) is 0 Å². The molecule has 5 heteroatoms. The molecule has 0 radical (unpaired) electrons. The van der Waals surface area contributed by atoms with Crippen molar-refractivity contribution in [3.8, 4) is 0 Å². The van der Waals surface area contributed by atoms with Gasteiger partial charge in [0.15, 0.2) is 0 Å². The van der Waals surface area contributed by atoms with Gasteiger partial charge >= 0.3 is 0 Å². The topological polar surface area (TPSA) is 41.1 Å². The van der Waals surface area contributed by atoms with Crippen LogP contribution in [0.5, 0.6) is 0 Å². The minimum Gasteiger partial charge on any atom is -0.376 e. The lowest BCUT2D eigenvalue weighted by molar-refractivity contribution is -0.114. The molecule has 0 aromatic heterocycles. The second kappa shape index (κ2) is 7.01. The molecule has 3 nitrogen and oxygen atoms in total. The zero-order valence-corrected chi connectivity index (χ0v) is 14.2. The summed E-state index contributed by atoms with van der Waals surface area (Å²) >= 11 is 5.90. The van der Waals surface area contributed by atoms with Gasteiger partial charge in [-0.25, -0.2) is 4.39 Å². The average molecular weight is 335 g/mol. The number of hydrogen-bond donors (Lipinski definition) is 2. The standard InChI is InChI=1S/C18H20ClFN2O/c1-18(2,3)13-6-4-5-7-15(13)21-11-17(23)22-16-9-8-12(20)10-14(16)19/h4-10,21H,11H2,1-3H3,(H,22,23). The fourth-order valence-electron chi connectivity index (χ4n) is 2.25. The van der Waals surface area contributed by atoms with Crippen LogP contribution in [-0.4, -0.2) is 12.5 Å². The molecule has 0 fully saturated rings. The maximum absolute atomic E-state index is 13.0. The van der Waals surface area contributed by atoms with Gasteiger partial charge in [-0.1, -0.05) is 50.6 Å². The van der Waals surface area contributed by atoms with Crippen molar-refractivity contribution in [3.63, 3.8) is 0 Å². The van der Waals surface area contributed by atoms with Crippen molar-refractivity contribution >= 4 is 28.9 Å². The van der Waals surface area contributed by atoms with Gasteiger partial charge in [0.25, 0.3) is 0 Å². The second-order valence-electron chi connectivity index (χ2n) is 6.32. The Hall–Kier alpha value is -2.07. The molecular formula is C18H20ClFN2O. The number of anilines is 2. The number of amides is 1. The van der Waals surface area contributed by atoms with Gasteiger partial charge in [0.05, 0.1) is 17.3 Å². The average Bonchev–Trinajstić information content (AvgIpc) is 2.47. The highest BCUT2D eigenvalue weighted by molar-refractivity contribution is 6.33. The molecule has 23 heavy (non-hydrogen) atoms. The van der Waals surface area contributed by atoms with E-state index in [0.717, 1.165) is 11.3 Å². The van der Waals surface area contributed by atoms with Crippen molar-refractivity contribution in [2.24, 2.45) is 0 Å². The van der Waals surface area contributed by atoms with Gasteiger partial charge in [-0.05, 0) is 35.2 Å². The summed E-state index contributed by atoms with van der Waals surface area (Å²) in [6, 6.07) is 11.7. The van der Waals surface area contributed by atoms with E-state index in [9.17, 15) is 9.18 Å². The Balaban J connectivity index is 2.03. The molecule has 2 aromatic rings. The van der Waals surface area contributed by atoms with Crippen LogP contribution in [0.2, 0.25) is 5.02 Å². The first kappa shape index (κ1) is 17.3. The summed E-state index contributed by atoms with van der Waals surface area (Å²) in [5, 5.41) is 5.98. The number of benzene rings is 2. The third kappa shape index (κ3) is 4.70. The molecule has 0 aliphatic rings. The molecule has 0 unspecified atom stereocenters. The van der Waals surface area contributed by atoms with Crippen molar-refractivity contribution in [3.05, 3.63) is 58.9 Å². The summed E-state index contributed by atoms with van der Waals surface area (Å²) < 4.78 is 13.0. The molecule has 122 valence electrons.